The number of nitrogens with two attached hydrogens (primary N) is 1. The van der Waals surface area contributed by atoms with Gasteiger partial charge in [0.1, 0.15) is 11.6 Å². The number of carbonyl (C=O) groups is 2. The van der Waals surface area contributed by atoms with Crippen molar-refractivity contribution >= 4 is 34.6 Å². The number of rotatable bonds is 8. The van der Waals surface area contributed by atoms with Crippen molar-refractivity contribution in [1.82, 2.24) is 19.7 Å². The number of nitrogen functional groups attached to an aromatic ring is 1. The minimum absolute atomic E-state index is 0.0653. The summed E-state index contributed by atoms with van der Waals surface area (Å²) in [6.45, 7) is 1.56. The van der Waals surface area contributed by atoms with Gasteiger partial charge in [-0.1, -0.05) is 18.2 Å². The number of hydrogen-bond acceptors (Lipinski definition) is 10. The molecule has 170 valence electrons. The molecular formula is C22H22N6O5. The summed E-state index contributed by atoms with van der Waals surface area (Å²) in [5.74, 6) is 0.0487. The van der Waals surface area contributed by atoms with Crippen LogP contribution < -0.4 is 15.8 Å². The second-order valence-corrected chi connectivity index (χ2v) is 7.24. The number of para-hydroxylation sites is 1. The van der Waals surface area contributed by atoms with Gasteiger partial charge >= 0.3 is 5.97 Å². The molecule has 0 aliphatic carbocycles. The number of nitrogens with one attached hydrogen (secondary N) is 1. The highest BCUT2D eigenvalue weighted by Crippen LogP contribution is 2.36. The van der Waals surface area contributed by atoms with E-state index in [-0.39, 0.29) is 35.5 Å². The monoisotopic (exact) mass is 450 g/mol. The molecule has 0 radical (unpaired) electrons. The Bertz CT molecular complexity index is 1320. The molecule has 4 aromatic rings. The number of aromatic nitrogens is 4. The van der Waals surface area contributed by atoms with Crippen LogP contribution in [0.2, 0.25) is 0 Å². The average molecular weight is 450 g/mol. The van der Waals surface area contributed by atoms with E-state index in [4.69, 9.17) is 19.6 Å². The van der Waals surface area contributed by atoms with Gasteiger partial charge in [-0.15, -0.1) is 0 Å². The van der Waals surface area contributed by atoms with Crippen LogP contribution in [0.1, 0.15) is 23.0 Å². The molecule has 33 heavy (non-hydrogen) atoms. The van der Waals surface area contributed by atoms with Gasteiger partial charge in [-0.2, -0.15) is 15.1 Å². The Morgan fingerprint density at radius 1 is 1.18 bits per heavy atom. The lowest BCUT2D eigenvalue weighted by atomic mass is 9.91. The van der Waals surface area contributed by atoms with Crippen LogP contribution in [-0.4, -0.2) is 52.3 Å². The predicted molar refractivity (Wildman–Crippen MR) is 119 cm³/mol. The van der Waals surface area contributed by atoms with E-state index in [0.717, 1.165) is 0 Å². The second kappa shape index (κ2) is 8.61. The fraction of sp³-hybridized carbons (Fsp3) is 0.227. The van der Waals surface area contributed by atoms with E-state index < -0.39 is 11.5 Å². The maximum Gasteiger partial charge on any atom is 0.338 e. The Morgan fingerprint density at radius 2 is 1.97 bits per heavy atom. The summed E-state index contributed by atoms with van der Waals surface area (Å²) in [4.78, 5) is 33.9. The first-order chi connectivity index (χ1) is 15.9. The Kier molecular flexibility index (Phi) is 5.69. The molecule has 1 unspecified atom stereocenters. The van der Waals surface area contributed by atoms with Crippen LogP contribution >= 0.6 is 0 Å². The number of ketones is 1. The molecule has 1 aromatic carbocycles. The van der Waals surface area contributed by atoms with Gasteiger partial charge in [-0.25, -0.2) is 9.48 Å². The maximum atomic E-state index is 13.1. The number of anilines is 2. The van der Waals surface area contributed by atoms with Crippen LogP contribution in [-0.2, 0) is 15.1 Å². The van der Waals surface area contributed by atoms with Gasteiger partial charge in [0.2, 0.25) is 11.7 Å². The third-order valence-corrected chi connectivity index (χ3v) is 5.30. The third-order valence-electron chi connectivity index (χ3n) is 5.30. The Labute approximate surface area is 188 Å². The number of ether oxygens (including phenoxy) is 2. The van der Waals surface area contributed by atoms with Crippen molar-refractivity contribution in [1.29, 1.82) is 0 Å². The Balaban J connectivity index is 1.82. The molecule has 11 heteroatoms. The molecule has 0 spiro atoms. The molecule has 3 heterocycles. The molecule has 1 atom stereocenters. The maximum absolute atomic E-state index is 13.1. The van der Waals surface area contributed by atoms with Gasteiger partial charge in [0.25, 0.3) is 0 Å². The van der Waals surface area contributed by atoms with Crippen molar-refractivity contribution in [2.75, 3.05) is 31.8 Å². The van der Waals surface area contributed by atoms with Gasteiger partial charge in [0.15, 0.2) is 16.9 Å². The molecular weight excluding hydrogens is 428 g/mol. The number of methoxy groups -OCH3 is 2. The number of hydrogen-bond donors (Lipinski definition) is 2. The third kappa shape index (κ3) is 3.73. The zero-order valence-electron chi connectivity index (χ0n) is 18.2. The summed E-state index contributed by atoms with van der Waals surface area (Å²) in [5.41, 5.74) is 5.30. The van der Waals surface area contributed by atoms with Crippen molar-refractivity contribution in [3.63, 3.8) is 0 Å². The van der Waals surface area contributed by atoms with Crippen molar-refractivity contribution in [3.8, 4) is 5.75 Å². The fourth-order valence-electron chi connectivity index (χ4n) is 3.63. The van der Waals surface area contributed by atoms with Crippen LogP contribution in [0, 0.1) is 0 Å². The Morgan fingerprint density at radius 3 is 2.67 bits per heavy atom. The lowest BCUT2D eigenvalue weighted by Crippen LogP contribution is -2.42. The number of nitrogens with zero attached hydrogens (tertiary/aromatic N) is 4. The van der Waals surface area contributed by atoms with Gasteiger partial charge in [-0.3, -0.25) is 4.79 Å². The SMILES string of the molecule is COC(=O)C(C)(c1ccccc1OC)n1ncc2c(NCC(=O)c3ccco3)nc(N)nc21. The number of carbonyl (C=O) groups excluding carboxylic acids is 2. The van der Waals surface area contributed by atoms with Crippen LogP contribution in [0.25, 0.3) is 11.0 Å². The van der Waals surface area contributed by atoms with Crippen LogP contribution in [0.5, 0.6) is 5.75 Å². The highest BCUT2D eigenvalue weighted by atomic mass is 16.5. The van der Waals surface area contributed by atoms with Crippen molar-refractivity contribution in [2.45, 2.75) is 12.5 Å². The van der Waals surface area contributed by atoms with Gasteiger partial charge in [-0.05, 0) is 25.1 Å². The number of esters is 1. The molecule has 4 rings (SSSR count). The van der Waals surface area contributed by atoms with E-state index in [9.17, 15) is 9.59 Å². The molecule has 0 saturated heterocycles. The van der Waals surface area contributed by atoms with E-state index in [0.29, 0.717) is 16.7 Å². The molecule has 0 aliphatic heterocycles. The normalized spacial score (nSPS) is 12.8. The molecule has 0 amide bonds. The first kappa shape index (κ1) is 21.8. The summed E-state index contributed by atoms with van der Waals surface area (Å²) >= 11 is 0. The Hall–Kier alpha value is -4.41. The minimum atomic E-state index is -1.44. The predicted octanol–water partition coefficient (Wildman–Crippen LogP) is 2.24. The largest absolute Gasteiger partial charge is 0.496 e. The number of fused-ring (bicyclic) bond motifs is 1. The van der Waals surface area contributed by atoms with Gasteiger partial charge < -0.3 is 24.9 Å². The van der Waals surface area contributed by atoms with Crippen LogP contribution in [0.15, 0.2) is 53.3 Å². The van der Waals surface area contributed by atoms with Crippen LogP contribution in [0.3, 0.4) is 0 Å². The fourth-order valence-corrected chi connectivity index (χ4v) is 3.63. The standard InChI is InChI=1S/C22H22N6O5/c1-22(20(30)32-3,14-7-4-5-8-16(14)31-2)28-19-13(11-25-28)18(26-21(23)27-19)24-12-15(29)17-9-6-10-33-17/h4-11H,12H2,1-3H3,(H3,23,24,26,27). The van der Waals surface area contributed by atoms with Gasteiger partial charge in [0, 0.05) is 5.56 Å². The van der Waals surface area contributed by atoms with Gasteiger partial charge in [0.05, 0.1) is 38.6 Å². The number of Topliss-reactive ketones (excluding diaryl/α,β-unsaturated/α-hetero) is 1. The zero-order chi connectivity index (χ0) is 23.6. The summed E-state index contributed by atoms with van der Waals surface area (Å²) in [5, 5.41) is 7.84. The summed E-state index contributed by atoms with van der Waals surface area (Å²) in [6, 6.07) is 10.2. The molecule has 0 aliphatic rings. The molecule has 0 bridgehead atoms. The quantitative estimate of drug-likeness (QED) is 0.302. The van der Waals surface area contributed by atoms with E-state index in [1.54, 1.807) is 43.3 Å². The number of furan rings is 1. The first-order valence-electron chi connectivity index (χ1n) is 9.94. The summed E-state index contributed by atoms with van der Waals surface area (Å²) in [6.07, 6.45) is 2.91. The molecule has 11 nitrogen and oxygen atoms in total. The van der Waals surface area contributed by atoms with E-state index in [1.165, 1.54) is 31.4 Å². The average Bonchev–Trinajstić information content (AvgIpc) is 3.52. The first-order valence-corrected chi connectivity index (χ1v) is 9.94. The summed E-state index contributed by atoms with van der Waals surface area (Å²) < 4.78 is 17.1. The van der Waals surface area contributed by atoms with Crippen molar-refractivity contribution < 1.29 is 23.5 Å². The van der Waals surface area contributed by atoms with Crippen molar-refractivity contribution in [3.05, 3.63) is 60.2 Å². The zero-order valence-corrected chi connectivity index (χ0v) is 18.2. The van der Waals surface area contributed by atoms with E-state index in [1.807, 2.05) is 0 Å². The molecule has 0 saturated carbocycles. The molecule has 3 N–H and O–H groups in total. The van der Waals surface area contributed by atoms with Crippen molar-refractivity contribution in [2.24, 2.45) is 0 Å². The topological polar surface area (TPSA) is 147 Å². The lowest BCUT2D eigenvalue weighted by molar-refractivity contribution is -0.148. The molecule has 0 fully saturated rings. The number of benzene rings is 1. The van der Waals surface area contributed by atoms with E-state index in [2.05, 4.69) is 20.4 Å². The lowest BCUT2D eigenvalue weighted by Gasteiger charge is -2.29. The second-order valence-electron chi connectivity index (χ2n) is 7.24. The molecule has 3 aromatic heterocycles. The highest BCUT2D eigenvalue weighted by molar-refractivity contribution is 5.98. The smallest absolute Gasteiger partial charge is 0.338 e. The summed E-state index contributed by atoms with van der Waals surface area (Å²) in [7, 11) is 2.80. The van der Waals surface area contributed by atoms with Crippen LogP contribution in [0.4, 0.5) is 11.8 Å². The highest BCUT2D eigenvalue weighted by Gasteiger charge is 2.43. The minimum Gasteiger partial charge on any atom is -0.496 e. The van der Waals surface area contributed by atoms with E-state index >= 15 is 0 Å².